The highest BCUT2D eigenvalue weighted by atomic mass is 19.1. The van der Waals surface area contributed by atoms with Gasteiger partial charge in [0.1, 0.15) is 11.4 Å². The number of anilines is 4. The van der Waals surface area contributed by atoms with E-state index in [1.807, 2.05) is 9.80 Å². The molecule has 11 heteroatoms. The molecule has 0 radical (unpaired) electrons. The zero-order chi connectivity index (χ0) is 29.1. The molecule has 0 spiro atoms. The molecule has 1 unspecified atom stereocenters. The minimum absolute atomic E-state index is 0.0528. The number of hydrogen-bond donors (Lipinski definition) is 2. The van der Waals surface area contributed by atoms with Crippen LogP contribution in [0.3, 0.4) is 0 Å². The Morgan fingerprint density at radius 3 is 2.66 bits per heavy atom. The van der Waals surface area contributed by atoms with Gasteiger partial charge in [0.05, 0.1) is 25.5 Å². The number of halogens is 1. The lowest BCUT2D eigenvalue weighted by atomic mass is 10.0. The maximum absolute atomic E-state index is 15.8. The van der Waals surface area contributed by atoms with Crippen molar-refractivity contribution in [3.05, 3.63) is 42.6 Å². The van der Waals surface area contributed by atoms with Crippen LogP contribution in [0.1, 0.15) is 48.9 Å². The van der Waals surface area contributed by atoms with Gasteiger partial charge in [0.15, 0.2) is 5.82 Å². The number of piperidine rings is 1. The number of fused-ring (bicyclic) bond motifs is 1. The van der Waals surface area contributed by atoms with Gasteiger partial charge in [0.2, 0.25) is 11.6 Å². The van der Waals surface area contributed by atoms with Crippen molar-refractivity contribution >= 4 is 35.0 Å². The van der Waals surface area contributed by atoms with Crippen molar-refractivity contribution in [2.24, 2.45) is 0 Å². The summed E-state index contributed by atoms with van der Waals surface area (Å²) < 4.78 is 21.4. The van der Waals surface area contributed by atoms with E-state index in [1.54, 1.807) is 18.2 Å². The summed E-state index contributed by atoms with van der Waals surface area (Å²) >= 11 is 0. The van der Waals surface area contributed by atoms with Crippen molar-refractivity contribution in [2.75, 3.05) is 48.9 Å². The molecule has 5 rings (SSSR count). The van der Waals surface area contributed by atoms with Gasteiger partial charge in [0.25, 0.3) is 11.8 Å². The van der Waals surface area contributed by atoms with E-state index in [-0.39, 0.29) is 30.5 Å². The summed E-state index contributed by atoms with van der Waals surface area (Å²) in [5, 5.41) is 6.26. The molecule has 41 heavy (non-hydrogen) atoms. The number of carbonyl (C=O) groups is 2. The molecule has 2 fully saturated rings. The minimum atomic E-state index is -2.25. The highest BCUT2D eigenvalue weighted by molar-refractivity contribution is 6.04. The fraction of sp³-hybridized carbons (Fsp3) is 0.467. The average molecular weight is 562 g/mol. The molecule has 1 atom stereocenters. The molecular formula is C30H36FN7O3. The number of aromatic nitrogens is 2. The van der Waals surface area contributed by atoms with E-state index in [2.05, 4.69) is 28.2 Å². The van der Waals surface area contributed by atoms with Gasteiger partial charge in [-0.15, -0.1) is 0 Å². The average Bonchev–Trinajstić information content (AvgIpc) is 3.52. The monoisotopic (exact) mass is 561 g/mol. The fourth-order valence-electron chi connectivity index (χ4n) is 5.80. The number of rotatable bonds is 7. The smallest absolute Gasteiger partial charge is 0.270 e. The first kappa shape index (κ1) is 28.2. The molecule has 216 valence electrons. The Balaban J connectivity index is 1.38. The largest absolute Gasteiger partial charge is 0.495 e. The third-order valence-corrected chi connectivity index (χ3v) is 8.26. The van der Waals surface area contributed by atoms with E-state index in [1.165, 1.54) is 25.3 Å². The molecule has 1 aliphatic carbocycles. The molecule has 10 nitrogen and oxygen atoms in total. The second-order valence-electron chi connectivity index (χ2n) is 10.8. The van der Waals surface area contributed by atoms with Crippen LogP contribution in [-0.4, -0.2) is 78.2 Å². The van der Waals surface area contributed by atoms with Gasteiger partial charge in [0, 0.05) is 43.8 Å². The van der Waals surface area contributed by atoms with Crippen molar-refractivity contribution in [2.45, 2.75) is 56.3 Å². The molecule has 3 aliphatic rings. The van der Waals surface area contributed by atoms with Gasteiger partial charge in [-0.1, -0.05) is 25.8 Å². The molecule has 2 N–H and O–H groups in total. The number of amides is 2. The van der Waals surface area contributed by atoms with E-state index in [9.17, 15) is 9.59 Å². The second kappa shape index (κ2) is 11.6. The quantitative estimate of drug-likeness (QED) is 0.390. The number of hydrogen-bond acceptors (Lipinski definition) is 8. The van der Waals surface area contributed by atoms with Crippen LogP contribution in [0.15, 0.2) is 37.1 Å². The van der Waals surface area contributed by atoms with Gasteiger partial charge >= 0.3 is 0 Å². The van der Waals surface area contributed by atoms with E-state index in [4.69, 9.17) is 16.1 Å². The van der Waals surface area contributed by atoms with Crippen LogP contribution in [0.4, 0.5) is 27.5 Å². The van der Waals surface area contributed by atoms with Gasteiger partial charge in [-0.25, -0.2) is 9.37 Å². The molecule has 2 amide bonds. The van der Waals surface area contributed by atoms with Crippen molar-refractivity contribution in [1.82, 2.24) is 20.2 Å². The first-order valence-corrected chi connectivity index (χ1v) is 14.0. The Labute approximate surface area is 240 Å². The topological polar surface area (TPSA) is 103 Å². The first-order chi connectivity index (χ1) is 19.8. The van der Waals surface area contributed by atoms with Crippen molar-refractivity contribution in [3.63, 3.8) is 0 Å². The Bertz CT molecular complexity index is 1360. The number of nitrogens with zero attached hydrogens (tertiary/aromatic N) is 5. The number of nitrogens with one attached hydrogen (secondary N) is 2. The zero-order valence-electron chi connectivity index (χ0n) is 23.5. The van der Waals surface area contributed by atoms with E-state index in [0.29, 0.717) is 28.5 Å². The summed E-state index contributed by atoms with van der Waals surface area (Å²) in [6.07, 6.45) is 13.5. The third-order valence-electron chi connectivity index (χ3n) is 8.26. The number of carbonyl (C=O) groups excluding carboxylic acids is 2. The molecule has 2 aliphatic heterocycles. The molecular weight excluding hydrogens is 525 g/mol. The number of methoxy groups -OCH3 is 1. The Hall–Kier alpha value is -4.33. The lowest BCUT2D eigenvalue weighted by molar-refractivity contribution is -0.126. The number of likely N-dealkylation sites (tertiary alicyclic amines) is 1. The number of ether oxygens (including phenoxy) is 1. The lowest BCUT2D eigenvalue weighted by Gasteiger charge is -2.32. The SMILES string of the molecule is C#CN1CCC(NC(=O)c2ccc(Nc3ncc4c(n3)N(C3CCCC3)CC(F)(C=C)C(=O)N4C)c(OC)c2)CC1. The van der Waals surface area contributed by atoms with Crippen LogP contribution in [0.5, 0.6) is 5.75 Å². The predicted molar refractivity (Wildman–Crippen MR) is 156 cm³/mol. The maximum atomic E-state index is 15.8. The number of terminal acetylenes is 1. The van der Waals surface area contributed by atoms with Crippen LogP contribution in [0.25, 0.3) is 0 Å². The summed E-state index contributed by atoms with van der Waals surface area (Å²) in [5.41, 5.74) is -0.793. The molecule has 1 aromatic heterocycles. The van der Waals surface area contributed by atoms with Crippen LogP contribution in [0.2, 0.25) is 0 Å². The summed E-state index contributed by atoms with van der Waals surface area (Å²) in [7, 11) is 3.05. The Morgan fingerprint density at radius 2 is 2.00 bits per heavy atom. The number of benzene rings is 1. The maximum Gasteiger partial charge on any atom is 0.270 e. The van der Waals surface area contributed by atoms with E-state index < -0.39 is 11.6 Å². The van der Waals surface area contributed by atoms with Crippen LogP contribution in [0, 0.1) is 12.5 Å². The summed E-state index contributed by atoms with van der Waals surface area (Å²) in [6.45, 7) is 4.94. The fourth-order valence-corrected chi connectivity index (χ4v) is 5.80. The number of alkyl halides is 1. The lowest BCUT2D eigenvalue weighted by Crippen LogP contribution is -2.49. The predicted octanol–water partition coefficient (Wildman–Crippen LogP) is 3.63. The summed E-state index contributed by atoms with van der Waals surface area (Å²) in [6, 6.07) is 7.86. The Morgan fingerprint density at radius 1 is 1.27 bits per heavy atom. The second-order valence-corrected chi connectivity index (χ2v) is 10.8. The van der Waals surface area contributed by atoms with Gasteiger partial charge in [-0.2, -0.15) is 4.98 Å². The normalized spacial score (nSPS) is 21.6. The van der Waals surface area contributed by atoms with Gasteiger partial charge in [-0.05, 0) is 50.0 Å². The highest BCUT2D eigenvalue weighted by Crippen LogP contribution is 2.40. The molecule has 0 bridgehead atoms. The summed E-state index contributed by atoms with van der Waals surface area (Å²) in [4.78, 5) is 40.2. The van der Waals surface area contributed by atoms with Crippen LogP contribution < -0.4 is 25.2 Å². The van der Waals surface area contributed by atoms with E-state index >= 15 is 4.39 Å². The molecule has 2 aromatic rings. The molecule has 1 saturated heterocycles. The van der Waals surface area contributed by atoms with Crippen molar-refractivity contribution < 1.29 is 18.7 Å². The van der Waals surface area contributed by atoms with Crippen LogP contribution in [-0.2, 0) is 4.79 Å². The molecule has 3 heterocycles. The third kappa shape index (κ3) is 5.64. The zero-order valence-corrected chi connectivity index (χ0v) is 23.5. The van der Waals surface area contributed by atoms with Crippen molar-refractivity contribution in [3.8, 4) is 18.2 Å². The summed E-state index contributed by atoms with van der Waals surface area (Å²) in [5.74, 6) is 0.293. The highest BCUT2D eigenvalue weighted by Gasteiger charge is 2.46. The van der Waals surface area contributed by atoms with E-state index in [0.717, 1.165) is 57.7 Å². The minimum Gasteiger partial charge on any atom is -0.495 e. The molecule has 1 saturated carbocycles. The first-order valence-electron chi connectivity index (χ1n) is 14.0. The van der Waals surface area contributed by atoms with Crippen LogP contribution >= 0.6 is 0 Å². The van der Waals surface area contributed by atoms with Crippen molar-refractivity contribution in [1.29, 1.82) is 0 Å². The van der Waals surface area contributed by atoms with Gasteiger partial charge in [-0.3, -0.25) is 9.59 Å². The van der Waals surface area contributed by atoms with Gasteiger partial charge < -0.3 is 30.1 Å². The molecule has 1 aromatic carbocycles. The standard InChI is InChI=1S/C30H36FN7O3/c1-5-30(31)19-38(22-9-7-8-10-22)26-24(36(3)28(30)40)18-32-29(35-26)34-23-12-11-20(17-25(23)41-4)27(39)33-21-13-15-37(6-2)16-14-21/h2,5,11-12,17-18,21-22H,1,7-10,13-16,19H2,3-4H3,(H,33,39)(H,32,34,35). The Kier molecular flexibility index (Phi) is 8.01.